The van der Waals surface area contributed by atoms with Crippen molar-refractivity contribution < 1.29 is 4.74 Å². The number of hydrogen-bond donors (Lipinski definition) is 1. The van der Waals surface area contributed by atoms with Crippen molar-refractivity contribution in [3.63, 3.8) is 0 Å². The fourth-order valence-electron chi connectivity index (χ4n) is 3.06. The molecule has 2 nitrogen and oxygen atoms in total. The molecule has 1 aliphatic rings. The van der Waals surface area contributed by atoms with Crippen LogP contribution in [0.2, 0.25) is 0 Å². The summed E-state index contributed by atoms with van der Waals surface area (Å²) in [4.78, 5) is 0. The highest BCUT2D eigenvalue weighted by Crippen LogP contribution is 2.28. The smallest absolute Gasteiger partial charge is 0.0772 e. The van der Waals surface area contributed by atoms with Gasteiger partial charge in [0.25, 0.3) is 0 Å². The first kappa shape index (κ1) is 17.0. The zero-order valence-corrected chi connectivity index (χ0v) is 13.8. The van der Waals surface area contributed by atoms with E-state index in [0.717, 1.165) is 19.5 Å². The maximum atomic E-state index is 6.21. The van der Waals surface area contributed by atoms with Crippen LogP contribution in [-0.2, 0) is 11.3 Å². The molecule has 0 aliphatic carbocycles. The molecule has 22 heavy (non-hydrogen) atoms. The van der Waals surface area contributed by atoms with Crippen LogP contribution >= 0.6 is 12.4 Å². The minimum Gasteiger partial charge on any atom is -0.372 e. The van der Waals surface area contributed by atoms with Crippen molar-refractivity contribution in [1.82, 2.24) is 5.32 Å². The van der Waals surface area contributed by atoms with Gasteiger partial charge in [-0.15, -0.1) is 12.4 Å². The maximum absolute atomic E-state index is 6.21. The molecule has 1 heterocycles. The molecule has 0 radical (unpaired) electrons. The van der Waals surface area contributed by atoms with Gasteiger partial charge in [0.05, 0.1) is 12.7 Å². The zero-order valence-electron chi connectivity index (χ0n) is 13.0. The van der Waals surface area contributed by atoms with Gasteiger partial charge >= 0.3 is 0 Å². The average molecular weight is 318 g/mol. The molecule has 2 atom stereocenters. The summed E-state index contributed by atoms with van der Waals surface area (Å²) in [5.41, 5.74) is 3.98. The van der Waals surface area contributed by atoms with E-state index in [0.29, 0.717) is 12.5 Å². The molecule has 0 saturated carbocycles. The Morgan fingerprint density at radius 1 is 1.09 bits per heavy atom. The van der Waals surface area contributed by atoms with E-state index in [-0.39, 0.29) is 18.5 Å². The third-order valence-electron chi connectivity index (χ3n) is 4.20. The number of nitrogens with one attached hydrogen (secondary N) is 1. The van der Waals surface area contributed by atoms with Gasteiger partial charge in [-0.2, -0.15) is 0 Å². The fourth-order valence-corrected chi connectivity index (χ4v) is 3.06. The second kappa shape index (κ2) is 8.33. The van der Waals surface area contributed by atoms with Crippen LogP contribution in [0.5, 0.6) is 0 Å². The van der Waals surface area contributed by atoms with Crippen LogP contribution in [0.1, 0.15) is 29.0 Å². The van der Waals surface area contributed by atoms with Gasteiger partial charge in [-0.1, -0.05) is 60.2 Å². The quantitative estimate of drug-likeness (QED) is 0.917. The molecule has 2 unspecified atom stereocenters. The highest BCUT2D eigenvalue weighted by Gasteiger charge is 2.27. The molecule has 1 fully saturated rings. The topological polar surface area (TPSA) is 21.3 Å². The number of hydrogen-bond acceptors (Lipinski definition) is 2. The van der Waals surface area contributed by atoms with E-state index in [9.17, 15) is 0 Å². The molecule has 118 valence electrons. The van der Waals surface area contributed by atoms with Crippen molar-refractivity contribution in [3.05, 3.63) is 71.3 Å². The number of halogens is 1. The van der Waals surface area contributed by atoms with Gasteiger partial charge in [0.15, 0.2) is 0 Å². The summed E-state index contributed by atoms with van der Waals surface area (Å²) in [6.07, 6.45) is 1.39. The fraction of sp³-hybridized carbons (Fsp3) is 0.368. The van der Waals surface area contributed by atoms with E-state index >= 15 is 0 Å². The monoisotopic (exact) mass is 317 g/mol. The first-order valence-corrected chi connectivity index (χ1v) is 7.76. The van der Waals surface area contributed by atoms with Gasteiger partial charge in [-0.25, -0.2) is 0 Å². The van der Waals surface area contributed by atoms with Crippen molar-refractivity contribution in [3.8, 4) is 0 Å². The molecule has 2 aromatic carbocycles. The van der Waals surface area contributed by atoms with Gasteiger partial charge in [0, 0.05) is 12.5 Å². The Labute approximate surface area is 139 Å². The molecular formula is C19H24ClNO. The van der Waals surface area contributed by atoms with Crippen molar-refractivity contribution in [2.24, 2.45) is 0 Å². The van der Waals surface area contributed by atoms with Crippen LogP contribution in [-0.4, -0.2) is 19.2 Å². The minimum atomic E-state index is 0. The summed E-state index contributed by atoms with van der Waals surface area (Å²) in [6, 6.07) is 19.3. The predicted molar refractivity (Wildman–Crippen MR) is 93.7 cm³/mol. The van der Waals surface area contributed by atoms with Crippen LogP contribution < -0.4 is 5.32 Å². The lowest BCUT2D eigenvalue weighted by Gasteiger charge is -2.32. The van der Waals surface area contributed by atoms with Gasteiger partial charge < -0.3 is 10.1 Å². The van der Waals surface area contributed by atoms with Gasteiger partial charge in [-0.05, 0) is 31.0 Å². The number of piperidine rings is 1. The number of ether oxygens (including phenoxy) is 1. The Bertz CT molecular complexity index is 573. The Balaban J connectivity index is 0.00000176. The van der Waals surface area contributed by atoms with Crippen molar-refractivity contribution in [1.29, 1.82) is 0 Å². The van der Waals surface area contributed by atoms with Crippen LogP contribution in [0.25, 0.3) is 0 Å². The van der Waals surface area contributed by atoms with E-state index in [4.69, 9.17) is 4.74 Å². The van der Waals surface area contributed by atoms with E-state index in [1.54, 1.807) is 0 Å². The predicted octanol–water partition coefficient (Wildman–Crippen LogP) is 4.08. The maximum Gasteiger partial charge on any atom is 0.0772 e. The average Bonchev–Trinajstić information content (AvgIpc) is 2.54. The molecule has 1 aliphatic heterocycles. The Hall–Kier alpha value is -1.35. The third-order valence-corrected chi connectivity index (χ3v) is 4.20. The van der Waals surface area contributed by atoms with E-state index < -0.39 is 0 Å². The number of benzene rings is 2. The second-order valence-corrected chi connectivity index (χ2v) is 5.85. The molecule has 2 aromatic rings. The number of aryl methyl sites for hydroxylation is 1. The summed E-state index contributed by atoms with van der Waals surface area (Å²) in [5, 5.41) is 3.46. The molecule has 0 bridgehead atoms. The Kier molecular flexibility index (Phi) is 6.44. The summed E-state index contributed by atoms with van der Waals surface area (Å²) < 4.78 is 6.21. The Morgan fingerprint density at radius 3 is 2.68 bits per heavy atom. The lowest BCUT2D eigenvalue weighted by Crippen LogP contribution is -2.41. The van der Waals surface area contributed by atoms with Gasteiger partial charge in [-0.3, -0.25) is 0 Å². The highest BCUT2D eigenvalue weighted by molar-refractivity contribution is 5.85. The highest BCUT2D eigenvalue weighted by atomic mass is 35.5. The Morgan fingerprint density at radius 2 is 1.91 bits per heavy atom. The largest absolute Gasteiger partial charge is 0.372 e. The summed E-state index contributed by atoms with van der Waals surface area (Å²) in [5.74, 6) is 0.495. The standard InChI is InChI=1S/C19H23NO.ClH/c1-15-6-5-9-17(12-15)18-10-11-20-13-19(18)21-14-16-7-3-2-4-8-16;/h2-9,12,18-20H,10-11,13-14H2,1H3;1H. The first-order valence-electron chi connectivity index (χ1n) is 7.76. The SMILES string of the molecule is Cc1cccc(C2CCNCC2OCc2ccccc2)c1.Cl. The van der Waals surface area contributed by atoms with Crippen LogP contribution in [0.3, 0.4) is 0 Å². The van der Waals surface area contributed by atoms with E-state index in [1.807, 2.05) is 6.07 Å². The molecular weight excluding hydrogens is 294 g/mol. The molecule has 1 N–H and O–H groups in total. The van der Waals surface area contributed by atoms with Gasteiger partial charge in [0.1, 0.15) is 0 Å². The van der Waals surface area contributed by atoms with Gasteiger partial charge in [0.2, 0.25) is 0 Å². The van der Waals surface area contributed by atoms with E-state index in [1.165, 1.54) is 16.7 Å². The summed E-state index contributed by atoms with van der Waals surface area (Å²) >= 11 is 0. The van der Waals surface area contributed by atoms with E-state index in [2.05, 4.69) is 60.8 Å². The zero-order chi connectivity index (χ0) is 14.5. The molecule has 3 heteroatoms. The van der Waals surface area contributed by atoms with Crippen molar-refractivity contribution >= 4 is 12.4 Å². The molecule has 1 saturated heterocycles. The summed E-state index contributed by atoms with van der Waals surface area (Å²) in [7, 11) is 0. The molecule has 0 amide bonds. The lowest BCUT2D eigenvalue weighted by molar-refractivity contribution is 0.0106. The molecule has 0 spiro atoms. The lowest BCUT2D eigenvalue weighted by atomic mass is 9.87. The second-order valence-electron chi connectivity index (χ2n) is 5.85. The minimum absolute atomic E-state index is 0. The van der Waals surface area contributed by atoms with Crippen molar-refractivity contribution in [2.45, 2.75) is 32.0 Å². The molecule has 0 aromatic heterocycles. The summed E-state index contributed by atoms with van der Waals surface area (Å²) in [6.45, 7) is 4.86. The van der Waals surface area contributed by atoms with Crippen LogP contribution in [0.4, 0.5) is 0 Å². The number of rotatable bonds is 4. The normalized spacial score (nSPS) is 21.1. The first-order chi connectivity index (χ1) is 10.3. The third kappa shape index (κ3) is 4.33. The van der Waals surface area contributed by atoms with Crippen LogP contribution in [0.15, 0.2) is 54.6 Å². The van der Waals surface area contributed by atoms with Crippen molar-refractivity contribution in [2.75, 3.05) is 13.1 Å². The van der Waals surface area contributed by atoms with Crippen LogP contribution in [0, 0.1) is 6.92 Å². The molecule has 3 rings (SSSR count).